The fourth-order valence-corrected chi connectivity index (χ4v) is 4.15. The summed E-state index contributed by atoms with van der Waals surface area (Å²) >= 11 is 0. The van der Waals surface area contributed by atoms with Crippen molar-refractivity contribution in [2.45, 2.75) is 6.54 Å². The van der Waals surface area contributed by atoms with E-state index in [1.54, 1.807) is 12.1 Å². The monoisotopic (exact) mass is 412 g/mol. The van der Waals surface area contributed by atoms with Crippen LogP contribution in [0.3, 0.4) is 0 Å². The third-order valence-corrected chi connectivity index (χ3v) is 5.61. The predicted octanol–water partition coefficient (Wildman–Crippen LogP) is 5.89. The minimum absolute atomic E-state index is 0.187. The van der Waals surface area contributed by atoms with Crippen molar-refractivity contribution >= 4 is 27.7 Å². The average Bonchev–Trinajstić information content (AvgIpc) is 3.09. The van der Waals surface area contributed by atoms with E-state index >= 15 is 0 Å². The molecule has 5 rings (SSSR count). The summed E-state index contributed by atoms with van der Waals surface area (Å²) in [6, 6.07) is 24.8. The van der Waals surface area contributed by atoms with Crippen molar-refractivity contribution in [2.75, 3.05) is 0 Å². The van der Waals surface area contributed by atoms with E-state index in [0.29, 0.717) is 11.1 Å². The number of hydrogen-bond acceptors (Lipinski definition) is 1. The molecule has 0 spiro atoms. The van der Waals surface area contributed by atoms with E-state index in [0.717, 1.165) is 39.0 Å². The van der Waals surface area contributed by atoms with Crippen LogP contribution in [0.2, 0.25) is 0 Å². The second kappa shape index (κ2) is 7.36. The maximum absolute atomic E-state index is 14.5. The number of amides is 1. The Bertz CT molecular complexity index is 1460. The van der Waals surface area contributed by atoms with E-state index < -0.39 is 17.5 Å². The summed E-state index contributed by atoms with van der Waals surface area (Å²) in [5, 5.41) is 1.58. The second-order valence-electron chi connectivity index (χ2n) is 7.48. The molecule has 2 N–H and O–H groups in total. The fourth-order valence-electron chi connectivity index (χ4n) is 4.15. The number of carbonyl (C=O) groups is 1. The van der Waals surface area contributed by atoms with Gasteiger partial charge in [-0.2, -0.15) is 0 Å². The summed E-state index contributed by atoms with van der Waals surface area (Å²) in [6.07, 6.45) is 0. The largest absolute Gasteiger partial charge is 0.366 e. The maximum Gasteiger partial charge on any atom is 0.249 e. The molecule has 0 aliphatic carbocycles. The molecule has 31 heavy (non-hydrogen) atoms. The number of benzene rings is 4. The Balaban J connectivity index is 1.81. The standard InChI is InChI=1S/C26H18F2N2O/c27-19-11-9-18(22(28)14-19)15-30-23-8-4-7-21(26(29)31)25(23)20-12-10-17(13-24(20)30)16-5-2-1-3-6-16/h1-14H,15H2,(H2,29,31). The number of carbonyl (C=O) groups excluding carboxylic acids is 1. The summed E-state index contributed by atoms with van der Waals surface area (Å²) in [5.41, 5.74) is 10.1. The zero-order chi connectivity index (χ0) is 21.5. The number of nitrogens with two attached hydrogens (primary N) is 1. The van der Waals surface area contributed by atoms with E-state index in [1.165, 1.54) is 12.1 Å². The van der Waals surface area contributed by atoms with Gasteiger partial charge in [-0.15, -0.1) is 0 Å². The van der Waals surface area contributed by atoms with E-state index in [2.05, 4.69) is 0 Å². The van der Waals surface area contributed by atoms with Gasteiger partial charge in [-0.1, -0.05) is 54.6 Å². The first-order valence-electron chi connectivity index (χ1n) is 9.87. The molecule has 0 saturated carbocycles. The summed E-state index contributed by atoms with van der Waals surface area (Å²) in [5.74, 6) is -1.75. The molecule has 5 aromatic rings. The minimum atomic E-state index is -0.620. The Morgan fingerprint density at radius 2 is 1.61 bits per heavy atom. The highest BCUT2D eigenvalue weighted by atomic mass is 19.1. The third kappa shape index (κ3) is 3.24. The van der Waals surface area contributed by atoms with E-state index in [1.807, 2.05) is 59.2 Å². The molecule has 5 heteroatoms. The quantitative estimate of drug-likeness (QED) is 0.393. The van der Waals surface area contributed by atoms with Crippen LogP contribution in [0.1, 0.15) is 15.9 Å². The third-order valence-electron chi connectivity index (χ3n) is 5.61. The van der Waals surface area contributed by atoms with Crippen molar-refractivity contribution in [2.24, 2.45) is 5.73 Å². The molecule has 0 bridgehead atoms. The maximum atomic E-state index is 14.5. The summed E-state index contributed by atoms with van der Waals surface area (Å²) in [6.45, 7) is 0.187. The molecule has 0 radical (unpaired) electrons. The molecule has 0 fully saturated rings. The lowest BCUT2D eigenvalue weighted by molar-refractivity contribution is 0.100. The molecule has 4 aromatic carbocycles. The van der Waals surface area contributed by atoms with Crippen LogP contribution in [0, 0.1) is 11.6 Å². The van der Waals surface area contributed by atoms with Crippen LogP contribution in [0.4, 0.5) is 8.78 Å². The van der Waals surface area contributed by atoms with Gasteiger partial charge in [-0.3, -0.25) is 4.79 Å². The van der Waals surface area contributed by atoms with Crippen LogP contribution in [-0.4, -0.2) is 10.5 Å². The molecule has 0 aliphatic rings. The summed E-state index contributed by atoms with van der Waals surface area (Å²) in [4.78, 5) is 12.1. The van der Waals surface area contributed by atoms with Gasteiger partial charge in [0.1, 0.15) is 11.6 Å². The Morgan fingerprint density at radius 3 is 2.35 bits per heavy atom. The molecule has 0 aliphatic heterocycles. The van der Waals surface area contributed by atoms with Gasteiger partial charge in [0.2, 0.25) is 5.91 Å². The van der Waals surface area contributed by atoms with E-state index in [9.17, 15) is 13.6 Å². The van der Waals surface area contributed by atoms with E-state index in [4.69, 9.17) is 5.73 Å². The Labute approximate surface area is 177 Å². The van der Waals surface area contributed by atoms with Crippen molar-refractivity contribution < 1.29 is 13.6 Å². The number of halogens is 2. The molecule has 1 aromatic heterocycles. The first kappa shape index (κ1) is 19.0. The zero-order valence-electron chi connectivity index (χ0n) is 16.5. The molecule has 152 valence electrons. The second-order valence-corrected chi connectivity index (χ2v) is 7.48. The molecule has 0 unspecified atom stereocenters. The van der Waals surface area contributed by atoms with Crippen molar-refractivity contribution in [3.8, 4) is 11.1 Å². The van der Waals surface area contributed by atoms with Gasteiger partial charge >= 0.3 is 0 Å². The fraction of sp³-hybridized carbons (Fsp3) is 0.0385. The SMILES string of the molecule is NC(=O)c1cccc2c1c1ccc(-c3ccccc3)cc1n2Cc1ccc(F)cc1F. The molecular weight excluding hydrogens is 394 g/mol. The van der Waals surface area contributed by atoms with Gasteiger partial charge < -0.3 is 10.3 Å². The van der Waals surface area contributed by atoms with Gasteiger partial charge in [0.15, 0.2) is 0 Å². The van der Waals surface area contributed by atoms with Crippen molar-refractivity contribution in [1.82, 2.24) is 4.57 Å². The highest BCUT2D eigenvalue weighted by Gasteiger charge is 2.18. The van der Waals surface area contributed by atoms with Gasteiger partial charge in [0, 0.05) is 28.0 Å². The molecule has 0 saturated heterocycles. The number of rotatable bonds is 4. The van der Waals surface area contributed by atoms with Crippen molar-refractivity contribution in [3.05, 3.63) is 108 Å². The Hall–Kier alpha value is -3.99. The minimum Gasteiger partial charge on any atom is -0.366 e. The number of aromatic nitrogens is 1. The summed E-state index contributed by atoms with van der Waals surface area (Å²) in [7, 11) is 0. The number of nitrogens with zero attached hydrogens (tertiary/aromatic N) is 1. The topological polar surface area (TPSA) is 48.0 Å². The Kier molecular flexibility index (Phi) is 4.51. The smallest absolute Gasteiger partial charge is 0.249 e. The van der Waals surface area contributed by atoms with Crippen LogP contribution in [0.5, 0.6) is 0 Å². The Morgan fingerprint density at radius 1 is 0.806 bits per heavy atom. The zero-order valence-corrected chi connectivity index (χ0v) is 16.5. The lowest BCUT2D eigenvalue weighted by Gasteiger charge is -2.10. The average molecular weight is 412 g/mol. The number of primary amides is 1. The number of hydrogen-bond donors (Lipinski definition) is 1. The molecular formula is C26H18F2N2O. The van der Waals surface area contributed by atoms with Gasteiger partial charge in [-0.25, -0.2) is 8.78 Å². The number of fused-ring (bicyclic) bond motifs is 3. The lowest BCUT2D eigenvalue weighted by atomic mass is 10.0. The molecule has 1 heterocycles. The summed E-state index contributed by atoms with van der Waals surface area (Å²) < 4.78 is 29.8. The van der Waals surface area contributed by atoms with Crippen LogP contribution < -0.4 is 5.73 Å². The van der Waals surface area contributed by atoms with Crippen molar-refractivity contribution in [3.63, 3.8) is 0 Å². The highest BCUT2D eigenvalue weighted by Crippen LogP contribution is 2.35. The van der Waals surface area contributed by atoms with Crippen LogP contribution in [-0.2, 0) is 6.54 Å². The van der Waals surface area contributed by atoms with Gasteiger partial charge in [0.25, 0.3) is 0 Å². The first-order valence-corrected chi connectivity index (χ1v) is 9.87. The van der Waals surface area contributed by atoms with Gasteiger partial charge in [0.05, 0.1) is 17.6 Å². The molecule has 0 atom stereocenters. The molecule has 3 nitrogen and oxygen atoms in total. The van der Waals surface area contributed by atoms with Crippen LogP contribution >= 0.6 is 0 Å². The predicted molar refractivity (Wildman–Crippen MR) is 119 cm³/mol. The lowest BCUT2D eigenvalue weighted by Crippen LogP contribution is -2.11. The van der Waals surface area contributed by atoms with Crippen LogP contribution in [0.25, 0.3) is 32.9 Å². The highest BCUT2D eigenvalue weighted by molar-refractivity contribution is 6.18. The normalized spacial score (nSPS) is 11.3. The van der Waals surface area contributed by atoms with Crippen molar-refractivity contribution in [1.29, 1.82) is 0 Å². The molecule has 1 amide bonds. The van der Waals surface area contributed by atoms with Gasteiger partial charge in [-0.05, 0) is 35.4 Å². The van der Waals surface area contributed by atoms with E-state index in [-0.39, 0.29) is 6.54 Å². The van der Waals surface area contributed by atoms with Crippen LogP contribution in [0.15, 0.2) is 84.9 Å². The first-order chi connectivity index (χ1) is 15.0.